The van der Waals surface area contributed by atoms with Crippen LogP contribution in [0.25, 0.3) is 0 Å². The second-order valence-corrected chi connectivity index (χ2v) is 3.48. The number of nitrogens with zero attached hydrogens (tertiary/aromatic N) is 1. The van der Waals surface area contributed by atoms with E-state index in [0.29, 0.717) is 5.56 Å². The van der Waals surface area contributed by atoms with E-state index >= 15 is 0 Å². The van der Waals surface area contributed by atoms with Crippen molar-refractivity contribution < 1.29 is 14.5 Å². The van der Waals surface area contributed by atoms with Crippen molar-refractivity contribution >= 4 is 11.5 Å². The molecule has 16 heavy (non-hydrogen) atoms. The minimum atomic E-state index is -0.474. The number of carbonyl (C=O) groups excluding carboxylic acids is 1. The summed E-state index contributed by atoms with van der Waals surface area (Å²) in [6.45, 7) is 3.27. The summed E-state index contributed by atoms with van der Waals surface area (Å²) in [5.74, 6) is 0.210. The van der Waals surface area contributed by atoms with Gasteiger partial charge in [-0.25, -0.2) is 0 Å². The number of hydrogen-bond acceptors (Lipinski definition) is 4. The predicted molar refractivity (Wildman–Crippen MR) is 58.6 cm³/mol. The number of nitro groups is 1. The molecule has 0 aromatic heterocycles. The minimum Gasteiger partial charge on any atom is -0.486 e. The molecule has 5 heteroatoms. The molecule has 0 saturated carbocycles. The summed E-state index contributed by atoms with van der Waals surface area (Å²) in [6, 6.07) is 4.87. The summed E-state index contributed by atoms with van der Waals surface area (Å²) < 4.78 is 5.23. The first kappa shape index (κ1) is 12.2. The Bertz CT molecular complexity index is 414. The van der Waals surface area contributed by atoms with E-state index in [-0.39, 0.29) is 30.2 Å². The van der Waals surface area contributed by atoms with Gasteiger partial charge < -0.3 is 4.74 Å². The highest BCUT2D eigenvalue weighted by Crippen LogP contribution is 2.30. The Morgan fingerprint density at radius 1 is 1.50 bits per heavy atom. The van der Waals surface area contributed by atoms with Crippen LogP contribution in [-0.2, 0) is 4.79 Å². The second kappa shape index (κ2) is 5.25. The molecule has 0 aliphatic heterocycles. The summed E-state index contributed by atoms with van der Waals surface area (Å²) in [7, 11) is 0. The quantitative estimate of drug-likeness (QED) is 0.567. The fraction of sp³-hybridized carbons (Fsp3) is 0.364. The van der Waals surface area contributed by atoms with E-state index in [1.807, 2.05) is 0 Å². The first-order chi connectivity index (χ1) is 7.52. The number of ketones is 1. The van der Waals surface area contributed by atoms with E-state index in [9.17, 15) is 14.9 Å². The van der Waals surface area contributed by atoms with Gasteiger partial charge in [-0.3, -0.25) is 14.9 Å². The Morgan fingerprint density at radius 3 is 2.75 bits per heavy atom. The summed E-state index contributed by atoms with van der Waals surface area (Å²) >= 11 is 0. The van der Waals surface area contributed by atoms with Gasteiger partial charge in [-0.1, -0.05) is 12.1 Å². The van der Waals surface area contributed by atoms with E-state index in [2.05, 4.69) is 0 Å². The van der Waals surface area contributed by atoms with Crippen molar-refractivity contribution in [3.05, 3.63) is 33.9 Å². The van der Waals surface area contributed by atoms with Gasteiger partial charge in [-0.15, -0.1) is 0 Å². The molecule has 0 aliphatic carbocycles. The van der Waals surface area contributed by atoms with Gasteiger partial charge in [-0.05, 0) is 19.9 Å². The number of ether oxygens (including phenoxy) is 1. The third kappa shape index (κ3) is 3.05. The van der Waals surface area contributed by atoms with Gasteiger partial charge in [-0.2, -0.15) is 0 Å². The van der Waals surface area contributed by atoms with Gasteiger partial charge >= 0.3 is 5.69 Å². The smallest absolute Gasteiger partial charge is 0.313 e. The summed E-state index contributed by atoms with van der Waals surface area (Å²) in [5.41, 5.74) is 0.511. The molecule has 86 valence electrons. The lowest BCUT2D eigenvalue weighted by molar-refractivity contribution is -0.386. The molecule has 0 amide bonds. The highest BCUT2D eigenvalue weighted by molar-refractivity contribution is 5.75. The molecular weight excluding hydrogens is 210 g/mol. The monoisotopic (exact) mass is 223 g/mol. The van der Waals surface area contributed by atoms with E-state index in [1.165, 1.54) is 13.0 Å². The number of aryl methyl sites for hydroxylation is 1. The van der Waals surface area contributed by atoms with Crippen LogP contribution < -0.4 is 4.74 Å². The average molecular weight is 223 g/mol. The number of hydrogen-bond donors (Lipinski definition) is 0. The number of para-hydroxylation sites is 1. The van der Waals surface area contributed by atoms with E-state index in [0.717, 1.165) is 0 Å². The van der Waals surface area contributed by atoms with Crippen LogP contribution in [0.5, 0.6) is 5.75 Å². The molecule has 0 bridgehead atoms. The van der Waals surface area contributed by atoms with Crippen LogP contribution in [-0.4, -0.2) is 17.3 Å². The minimum absolute atomic E-state index is 0.00435. The fourth-order valence-electron chi connectivity index (χ4n) is 1.29. The Hall–Kier alpha value is -1.91. The van der Waals surface area contributed by atoms with Crippen LogP contribution in [0.2, 0.25) is 0 Å². The maximum Gasteiger partial charge on any atom is 0.313 e. The second-order valence-electron chi connectivity index (χ2n) is 3.48. The molecule has 5 nitrogen and oxygen atoms in total. The Morgan fingerprint density at radius 2 is 2.19 bits per heavy atom. The van der Waals surface area contributed by atoms with Crippen molar-refractivity contribution in [2.45, 2.75) is 20.3 Å². The summed E-state index contributed by atoms with van der Waals surface area (Å²) in [6.07, 6.45) is 0.255. The first-order valence-corrected chi connectivity index (χ1v) is 4.88. The zero-order valence-electron chi connectivity index (χ0n) is 9.23. The van der Waals surface area contributed by atoms with E-state index in [1.54, 1.807) is 19.1 Å². The maximum atomic E-state index is 10.8. The van der Waals surface area contributed by atoms with Gasteiger partial charge in [0.15, 0.2) is 5.75 Å². The molecule has 0 unspecified atom stereocenters. The Kier molecular flexibility index (Phi) is 3.99. The van der Waals surface area contributed by atoms with Gasteiger partial charge in [0.2, 0.25) is 0 Å². The lowest BCUT2D eigenvalue weighted by Gasteiger charge is -2.06. The molecular formula is C11H13NO4. The average Bonchev–Trinajstić information content (AvgIpc) is 2.16. The Balaban J connectivity index is 2.83. The lowest BCUT2D eigenvalue weighted by Crippen LogP contribution is -2.05. The van der Waals surface area contributed by atoms with Gasteiger partial charge in [0, 0.05) is 12.0 Å². The van der Waals surface area contributed by atoms with Crippen LogP contribution >= 0.6 is 0 Å². The molecule has 1 rings (SSSR count). The molecule has 0 N–H and O–H groups in total. The van der Waals surface area contributed by atoms with Crippen LogP contribution in [0.3, 0.4) is 0 Å². The first-order valence-electron chi connectivity index (χ1n) is 4.88. The van der Waals surface area contributed by atoms with Crippen molar-refractivity contribution in [2.24, 2.45) is 0 Å². The van der Waals surface area contributed by atoms with Crippen molar-refractivity contribution in [1.29, 1.82) is 0 Å². The molecule has 1 aromatic rings. The number of carbonyl (C=O) groups is 1. The summed E-state index contributed by atoms with van der Waals surface area (Å²) in [5, 5.41) is 10.8. The highest BCUT2D eigenvalue weighted by Gasteiger charge is 2.17. The molecule has 0 spiro atoms. The molecule has 0 heterocycles. The number of benzene rings is 1. The molecule has 0 saturated heterocycles. The molecule has 0 radical (unpaired) electrons. The van der Waals surface area contributed by atoms with Crippen LogP contribution in [0.1, 0.15) is 18.9 Å². The SMILES string of the molecule is CC(=O)CCOc1cccc(C)c1[N+](=O)[O-]. The molecule has 0 fully saturated rings. The molecule has 1 aromatic carbocycles. The Labute approximate surface area is 93.2 Å². The van der Waals surface area contributed by atoms with Gasteiger partial charge in [0.25, 0.3) is 0 Å². The van der Waals surface area contributed by atoms with Crippen molar-refractivity contribution in [3.63, 3.8) is 0 Å². The summed E-state index contributed by atoms with van der Waals surface area (Å²) in [4.78, 5) is 21.0. The predicted octanol–water partition coefficient (Wildman–Crippen LogP) is 2.26. The van der Waals surface area contributed by atoms with Crippen LogP contribution in [0.15, 0.2) is 18.2 Å². The molecule has 0 aliphatic rings. The third-order valence-corrected chi connectivity index (χ3v) is 2.10. The zero-order chi connectivity index (χ0) is 12.1. The number of nitro benzene ring substituents is 1. The van der Waals surface area contributed by atoms with Crippen molar-refractivity contribution in [3.8, 4) is 5.75 Å². The number of Topliss-reactive ketones (excluding diaryl/α,β-unsaturated/α-hetero) is 1. The lowest BCUT2D eigenvalue weighted by atomic mass is 10.2. The van der Waals surface area contributed by atoms with Gasteiger partial charge in [0.05, 0.1) is 11.5 Å². The van der Waals surface area contributed by atoms with Crippen molar-refractivity contribution in [2.75, 3.05) is 6.61 Å². The van der Waals surface area contributed by atoms with E-state index in [4.69, 9.17) is 4.74 Å². The normalized spacial score (nSPS) is 9.88. The van der Waals surface area contributed by atoms with Gasteiger partial charge in [0.1, 0.15) is 5.78 Å². The van der Waals surface area contributed by atoms with Crippen molar-refractivity contribution in [1.82, 2.24) is 0 Å². The fourth-order valence-corrected chi connectivity index (χ4v) is 1.29. The maximum absolute atomic E-state index is 10.8. The highest BCUT2D eigenvalue weighted by atomic mass is 16.6. The molecule has 0 atom stereocenters. The zero-order valence-corrected chi connectivity index (χ0v) is 9.23. The standard InChI is InChI=1S/C11H13NO4/c1-8-4-3-5-10(11(8)12(14)15)16-7-6-9(2)13/h3-5H,6-7H2,1-2H3. The van der Waals surface area contributed by atoms with Crippen LogP contribution in [0.4, 0.5) is 5.69 Å². The largest absolute Gasteiger partial charge is 0.486 e. The van der Waals surface area contributed by atoms with Crippen LogP contribution in [0, 0.1) is 17.0 Å². The van der Waals surface area contributed by atoms with E-state index < -0.39 is 4.92 Å². The third-order valence-electron chi connectivity index (χ3n) is 2.10. The number of rotatable bonds is 5. The topological polar surface area (TPSA) is 69.4 Å².